The summed E-state index contributed by atoms with van der Waals surface area (Å²) >= 11 is 0. The summed E-state index contributed by atoms with van der Waals surface area (Å²) in [6, 6.07) is 5.93. The molecule has 0 saturated carbocycles. The molecule has 0 unspecified atom stereocenters. The van der Waals surface area contributed by atoms with E-state index in [-0.39, 0.29) is 5.82 Å². The Balaban J connectivity index is 2.27. The van der Waals surface area contributed by atoms with Gasteiger partial charge in [-0.05, 0) is 24.3 Å². The average Bonchev–Trinajstić information content (AvgIpc) is 2.35. The van der Waals surface area contributed by atoms with Crippen LogP contribution in [0.1, 0.15) is 0 Å². The molecule has 1 aromatic carbocycles. The fourth-order valence-corrected chi connectivity index (χ4v) is 1.36. The van der Waals surface area contributed by atoms with Crippen molar-refractivity contribution in [1.29, 1.82) is 0 Å². The van der Waals surface area contributed by atoms with Crippen molar-refractivity contribution >= 4 is 23.0 Å². The topological polar surface area (TPSA) is 75.9 Å². The van der Waals surface area contributed by atoms with Gasteiger partial charge in [0.05, 0.1) is 0 Å². The van der Waals surface area contributed by atoms with E-state index in [1.807, 2.05) is 0 Å². The van der Waals surface area contributed by atoms with Crippen LogP contribution >= 0.6 is 0 Å². The molecule has 88 valence electrons. The summed E-state index contributed by atoms with van der Waals surface area (Å²) in [5.74, 6) is 0.739. The zero-order valence-electron chi connectivity index (χ0n) is 9.24. The molecule has 0 radical (unpaired) electrons. The van der Waals surface area contributed by atoms with Crippen molar-refractivity contribution < 1.29 is 4.39 Å². The quantitative estimate of drug-likeness (QED) is 0.755. The highest BCUT2D eigenvalue weighted by Crippen LogP contribution is 2.25. The van der Waals surface area contributed by atoms with E-state index in [2.05, 4.69) is 20.6 Å². The van der Waals surface area contributed by atoms with Gasteiger partial charge in [0.15, 0.2) is 11.6 Å². The minimum Gasteiger partial charge on any atom is -0.393 e. The summed E-state index contributed by atoms with van der Waals surface area (Å²) < 4.78 is 12.7. The van der Waals surface area contributed by atoms with Crippen LogP contribution in [0.25, 0.3) is 0 Å². The van der Waals surface area contributed by atoms with E-state index < -0.39 is 0 Å². The standard InChI is InChI=1S/C11H12FN5/c1-14-10-9(13)11(16-6-15-10)17-8-4-2-7(12)3-5-8/h2-6H,13H2,1H3,(H2,14,15,16,17). The van der Waals surface area contributed by atoms with Crippen LogP contribution in [0.15, 0.2) is 30.6 Å². The Morgan fingerprint density at radius 2 is 1.76 bits per heavy atom. The lowest BCUT2D eigenvalue weighted by atomic mass is 10.3. The molecule has 2 rings (SSSR count). The molecule has 0 atom stereocenters. The first-order valence-corrected chi connectivity index (χ1v) is 5.01. The molecular weight excluding hydrogens is 221 g/mol. The molecule has 0 aliphatic carbocycles. The molecule has 4 N–H and O–H groups in total. The van der Waals surface area contributed by atoms with Crippen LogP contribution in [-0.2, 0) is 0 Å². The van der Waals surface area contributed by atoms with Gasteiger partial charge >= 0.3 is 0 Å². The third-order valence-corrected chi connectivity index (χ3v) is 2.23. The summed E-state index contributed by atoms with van der Waals surface area (Å²) in [5, 5.41) is 5.85. The lowest BCUT2D eigenvalue weighted by Gasteiger charge is -2.10. The predicted molar refractivity (Wildman–Crippen MR) is 65.7 cm³/mol. The number of anilines is 4. The molecule has 0 amide bonds. The molecule has 17 heavy (non-hydrogen) atoms. The molecule has 0 saturated heterocycles. The number of nitrogens with one attached hydrogen (secondary N) is 2. The van der Waals surface area contributed by atoms with Crippen molar-refractivity contribution in [2.45, 2.75) is 0 Å². The number of nitrogen functional groups attached to an aromatic ring is 1. The monoisotopic (exact) mass is 233 g/mol. The summed E-state index contributed by atoms with van der Waals surface area (Å²) in [6.45, 7) is 0. The maximum absolute atomic E-state index is 12.7. The molecular formula is C11H12FN5. The molecule has 2 aromatic rings. The lowest BCUT2D eigenvalue weighted by Crippen LogP contribution is -2.04. The zero-order chi connectivity index (χ0) is 12.3. The molecule has 6 heteroatoms. The number of hydrogen-bond donors (Lipinski definition) is 3. The molecule has 0 spiro atoms. The largest absolute Gasteiger partial charge is 0.393 e. The SMILES string of the molecule is CNc1ncnc(Nc2ccc(F)cc2)c1N. The third kappa shape index (κ3) is 2.41. The van der Waals surface area contributed by atoms with Crippen LogP contribution in [0.3, 0.4) is 0 Å². The molecule has 0 fully saturated rings. The maximum Gasteiger partial charge on any atom is 0.159 e. The average molecular weight is 233 g/mol. The fraction of sp³-hybridized carbons (Fsp3) is 0.0909. The van der Waals surface area contributed by atoms with Crippen molar-refractivity contribution in [3.63, 3.8) is 0 Å². The first-order chi connectivity index (χ1) is 8.20. The number of halogens is 1. The van der Waals surface area contributed by atoms with Gasteiger partial charge < -0.3 is 16.4 Å². The molecule has 1 aromatic heterocycles. The Kier molecular flexibility index (Phi) is 3.04. The highest BCUT2D eigenvalue weighted by atomic mass is 19.1. The highest BCUT2D eigenvalue weighted by molar-refractivity contribution is 5.77. The number of rotatable bonds is 3. The minimum absolute atomic E-state index is 0.290. The van der Waals surface area contributed by atoms with Crippen LogP contribution in [-0.4, -0.2) is 17.0 Å². The van der Waals surface area contributed by atoms with E-state index in [1.54, 1.807) is 19.2 Å². The van der Waals surface area contributed by atoms with Crippen LogP contribution in [0, 0.1) is 5.82 Å². The summed E-state index contributed by atoms with van der Waals surface area (Å²) in [4.78, 5) is 7.99. The molecule has 0 aliphatic heterocycles. The van der Waals surface area contributed by atoms with E-state index in [4.69, 9.17) is 5.73 Å². The maximum atomic E-state index is 12.7. The Hall–Kier alpha value is -2.37. The molecule has 0 bridgehead atoms. The summed E-state index contributed by atoms with van der Waals surface area (Å²) in [6.07, 6.45) is 1.40. The second-order valence-electron chi connectivity index (χ2n) is 3.37. The van der Waals surface area contributed by atoms with Gasteiger partial charge in [-0.2, -0.15) is 0 Å². The van der Waals surface area contributed by atoms with Crippen molar-refractivity contribution in [3.8, 4) is 0 Å². The zero-order valence-corrected chi connectivity index (χ0v) is 9.24. The number of nitrogens with zero attached hydrogens (tertiary/aromatic N) is 2. The van der Waals surface area contributed by atoms with Gasteiger partial charge in [0.2, 0.25) is 0 Å². The lowest BCUT2D eigenvalue weighted by molar-refractivity contribution is 0.628. The number of hydrogen-bond acceptors (Lipinski definition) is 5. The van der Waals surface area contributed by atoms with E-state index in [1.165, 1.54) is 18.5 Å². The smallest absolute Gasteiger partial charge is 0.159 e. The van der Waals surface area contributed by atoms with Crippen molar-refractivity contribution in [2.75, 3.05) is 23.4 Å². The Labute approximate surface area is 97.9 Å². The number of benzene rings is 1. The summed E-state index contributed by atoms with van der Waals surface area (Å²) in [5.41, 5.74) is 6.97. The van der Waals surface area contributed by atoms with Gasteiger partial charge in [0.25, 0.3) is 0 Å². The van der Waals surface area contributed by atoms with Gasteiger partial charge in [-0.1, -0.05) is 0 Å². The predicted octanol–water partition coefficient (Wildman–Crippen LogP) is 1.98. The molecule has 0 aliphatic rings. The summed E-state index contributed by atoms with van der Waals surface area (Å²) in [7, 11) is 1.72. The van der Waals surface area contributed by atoms with E-state index in [0.29, 0.717) is 23.0 Å². The van der Waals surface area contributed by atoms with Crippen molar-refractivity contribution in [2.24, 2.45) is 0 Å². The minimum atomic E-state index is -0.290. The van der Waals surface area contributed by atoms with Gasteiger partial charge in [0, 0.05) is 12.7 Å². The second kappa shape index (κ2) is 4.65. The Morgan fingerprint density at radius 3 is 2.41 bits per heavy atom. The van der Waals surface area contributed by atoms with Gasteiger partial charge in [-0.25, -0.2) is 14.4 Å². The van der Waals surface area contributed by atoms with E-state index in [0.717, 1.165) is 0 Å². The second-order valence-corrected chi connectivity index (χ2v) is 3.37. The molecule has 5 nitrogen and oxygen atoms in total. The van der Waals surface area contributed by atoms with Crippen molar-refractivity contribution in [3.05, 3.63) is 36.4 Å². The Bertz CT molecular complexity index is 512. The Morgan fingerprint density at radius 1 is 1.12 bits per heavy atom. The third-order valence-electron chi connectivity index (χ3n) is 2.23. The normalized spacial score (nSPS) is 10.0. The van der Waals surface area contributed by atoms with Crippen LogP contribution in [0.4, 0.5) is 27.4 Å². The van der Waals surface area contributed by atoms with E-state index >= 15 is 0 Å². The first kappa shape index (κ1) is 11.1. The fourth-order valence-electron chi connectivity index (χ4n) is 1.36. The number of aromatic nitrogens is 2. The van der Waals surface area contributed by atoms with Gasteiger partial charge in [0.1, 0.15) is 17.8 Å². The molecule has 1 heterocycles. The van der Waals surface area contributed by atoms with Crippen molar-refractivity contribution in [1.82, 2.24) is 9.97 Å². The number of nitrogens with two attached hydrogens (primary N) is 1. The van der Waals surface area contributed by atoms with Crippen LogP contribution in [0.2, 0.25) is 0 Å². The van der Waals surface area contributed by atoms with Crippen LogP contribution < -0.4 is 16.4 Å². The van der Waals surface area contributed by atoms with Gasteiger partial charge in [-0.3, -0.25) is 0 Å². The van der Waals surface area contributed by atoms with E-state index in [9.17, 15) is 4.39 Å². The van der Waals surface area contributed by atoms with Gasteiger partial charge in [-0.15, -0.1) is 0 Å². The van der Waals surface area contributed by atoms with Crippen LogP contribution in [0.5, 0.6) is 0 Å². The highest BCUT2D eigenvalue weighted by Gasteiger charge is 2.06. The first-order valence-electron chi connectivity index (χ1n) is 5.01.